The number of ether oxygens (including phenoxy) is 1. The first-order valence-electron chi connectivity index (χ1n) is 7.39. The summed E-state index contributed by atoms with van der Waals surface area (Å²) in [6.45, 7) is 6.75. The van der Waals surface area contributed by atoms with Crippen molar-refractivity contribution in [2.45, 2.75) is 33.7 Å². The highest BCUT2D eigenvalue weighted by molar-refractivity contribution is 5.98. The molecule has 1 amide bonds. The van der Waals surface area contributed by atoms with E-state index in [4.69, 9.17) is 9.26 Å². The number of benzene rings is 1. The Morgan fingerprint density at radius 2 is 1.87 bits per heavy atom. The third-order valence-corrected chi connectivity index (χ3v) is 3.38. The third kappa shape index (κ3) is 3.77. The molecule has 6 nitrogen and oxygen atoms in total. The van der Waals surface area contributed by atoms with E-state index in [0.717, 1.165) is 5.69 Å². The maximum atomic E-state index is 12.4. The summed E-state index contributed by atoms with van der Waals surface area (Å²) in [6.07, 6.45) is 0. The molecule has 122 valence electrons. The lowest BCUT2D eigenvalue weighted by Crippen LogP contribution is -2.39. The standard InChI is InChI=1S/C17H20N2O4/c1-11(2)19(14-8-6-5-7-9-14)15(20)10-22-17(21)16-12(3)18-23-13(16)4/h5-9,11H,10H2,1-4H3. The molecule has 0 bridgehead atoms. The Kier molecular flexibility index (Phi) is 5.16. The average Bonchev–Trinajstić information content (AvgIpc) is 2.85. The van der Waals surface area contributed by atoms with Crippen LogP contribution in [0.1, 0.15) is 35.7 Å². The number of nitrogens with zero attached hydrogens (tertiary/aromatic N) is 2. The Bertz CT molecular complexity index is 672. The van der Waals surface area contributed by atoms with E-state index in [0.29, 0.717) is 11.5 Å². The van der Waals surface area contributed by atoms with Crippen molar-refractivity contribution in [1.29, 1.82) is 0 Å². The molecule has 1 heterocycles. The highest BCUT2D eigenvalue weighted by Gasteiger charge is 2.23. The van der Waals surface area contributed by atoms with Gasteiger partial charge in [0, 0.05) is 11.7 Å². The van der Waals surface area contributed by atoms with Crippen molar-refractivity contribution < 1.29 is 18.8 Å². The molecule has 1 aromatic heterocycles. The van der Waals surface area contributed by atoms with Crippen molar-refractivity contribution >= 4 is 17.6 Å². The monoisotopic (exact) mass is 316 g/mol. The van der Waals surface area contributed by atoms with E-state index in [9.17, 15) is 9.59 Å². The molecule has 0 saturated carbocycles. The highest BCUT2D eigenvalue weighted by Crippen LogP contribution is 2.18. The molecule has 0 unspecified atom stereocenters. The van der Waals surface area contributed by atoms with Gasteiger partial charge in [0.1, 0.15) is 11.3 Å². The maximum Gasteiger partial charge on any atom is 0.344 e. The fourth-order valence-corrected chi connectivity index (χ4v) is 2.36. The van der Waals surface area contributed by atoms with E-state index in [1.165, 1.54) is 0 Å². The van der Waals surface area contributed by atoms with Gasteiger partial charge in [0.2, 0.25) is 0 Å². The summed E-state index contributed by atoms with van der Waals surface area (Å²) in [5, 5.41) is 3.70. The molecular weight excluding hydrogens is 296 g/mol. The van der Waals surface area contributed by atoms with Gasteiger partial charge >= 0.3 is 5.97 Å². The molecule has 1 aromatic carbocycles. The first kappa shape index (κ1) is 16.7. The van der Waals surface area contributed by atoms with Gasteiger partial charge in [0.05, 0.1) is 5.69 Å². The van der Waals surface area contributed by atoms with Crippen LogP contribution in [0.15, 0.2) is 34.9 Å². The highest BCUT2D eigenvalue weighted by atomic mass is 16.5. The number of hydrogen-bond donors (Lipinski definition) is 0. The number of anilines is 1. The maximum absolute atomic E-state index is 12.4. The quantitative estimate of drug-likeness (QED) is 0.793. The van der Waals surface area contributed by atoms with Gasteiger partial charge in [-0.1, -0.05) is 23.4 Å². The number of amides is 1. The van der Waals surface area contributed by atoms with Crippen LogP contribution in [-0.4, -0.2) is 29.7 Å². The molecule has 23 heavy (non-hydrogen) atoms. The summed E-state index contributed by atoms with van der Waals surface area (Å²) in [7, 11) is 0. The van der Waals surface area contributed by atoms with E-state index in [1.54, 1.807) is 18.7 Å². The van der Waals surface area contributed by atoms with Crippen LogP contribution in [-0.2, 0) is 9.53 Å². The lowest BCUT2D eigenvalue weighted by atomic mass is 10.2. The molecule has 2 rings (SSSR count). The summed E-state index contributed by atoms with van der Waals surface area (Å²) < 4.78 is 10.1. The third-order valence-electron chi connectivity index (χ3n) is 3.38. The van der Waals surface area contributed by atoms with E-state index in [1.807, 2.05) is 44.2 Å². The predicted molar refractivity (Wildman–Crippen MR) is 85.3 cm³/mol. The second-order valence-electron chi connectivity index (χ2n) is 5.47. The molecule has 0 aliphatic rings. The topological polar surface area (TPSA) is 72.6 Å². The molecule has 0 fully saturated rings. The number of carbonyl (C=O) groups excluding carboxylic acids is 2. The van der Waals surface area contributed by atoms with E-state index >= 15 is 0 Å². The zero-order valence-corrected chi connectivity index (χ0v) is 13.7. The van der Waals surface area contributed by atoms with Gasteiger partial charge in [-0.05, 0) is 39.8 Å². The second kappa shape index (κ2) is 7.09. The molecular formula is C17H20N2O4. The van der Waals surface area contributed by atoms with Crippen LogP contribution in [0.3, 0.4) is 0 Å². The largest absolute Gasteiger partial charge is 0.452 e. The van der Waals surface area contributed by atoms with Crippen LogP contribution >= 0.6 is 0 Å². The summed E-state index contributed by atoms with van der Waals surface area (Å²) in [6, 6.07) is 9.22. The minimum atomic E-state index is -0.605. The SMILES string of the molecule is Cc1noc(C)c1C(=O)OCC(=O)N(c1ccccc1)C(C)C. The minimum Gasteiger partial charge on any atom is -0.452 e. The zero-order valence-electron chi connectivity index (χ0n) is 13.7. The van der Waals surface area contributed by atoms with Crippen molar-refractivity contribution in [1.82, 2.24) is 5.16 Å². The summed E-state index contributed by atoms with van der Waals surface area (Å²) >= 11 is 0. The molecule has 6 heteroatoms. The number of aryl methyl sites for hydroxylation is 2. The number of para-hydroxylation sites is 1. The van der Waals surface area contributed by atoms with Gasteiger partial charge in [-0.15, -0.1) is 0 Å². The van der Waals surface area contributed by atoms with E-state index < -0.39 is 5.97 Å². The lowest BCUT2D eigenvalue weighted by molar-refractivity contribution is -0.122. The van der Waals surface area contributed by atoms with Gasteiger partial charge in [0.15, 0.2) is 6.61 Å². The molecule has 0 aliphatic heterocycles. The van der Waals surface area contributed by atoms with Crippen LogP contribution < -0.4 is 4.90 Å². The number of esters is 1. The van der Waals surface area contributed by atoms with Gasteiger partial charge in [-0.25, -0.2) is 4.79 Å². The molecule has 2 aromatic rings. The lowest BCUT2D eigenvalue weighted by Gasteiger charge is -2.26. The van der Waals surface area contributed by atoms with Crippen LogP contribution in [0.4, 0.5) is 5.69 Å². The second-order valence-corrected chi connectivity index (χ2v) is 5.47. The zero-order chi connectivity index (χ0) is 17.0. The fraction of sp³-hybridized carbons (Fsp3) is 0.353. The number of aromatic nitrogens is 1. The minimum absolute atomic E-state index is 0.0531. The van der Waals surface area contributed by atoms with Crippen molar-refractivity contribution in [3.8, 4) is 0 Å². The number of rotatable bonds is 5. The summed E-state index contributed by atoms with van der Waals surface area (Å²) in [4.78, 5) is 26.1. The van der Waals surface area contributed by atoms with Gasteiger partial charge < -0.3 is 14.2 Å². The Morgan fingerprint density at radius 3 is 2.39 bits per heavy atom. The average molecular weight is 316 g/mol. The summed E-state index contributed by atoms with van der Waals surface area (Å²) in [5.41, 5.74) is 1.48. The smallest absolute Gasteiger partial charge is 0.344 e. The number of carbonyl (C=O) groups is 2. The Balaban J connectivity index is 2.07. The molecule has 0 saturated heterocycles. The van der Waals surface area contributed by atoms with Gasteiger partial charge in [-0.2, -0.15) is 0 Å². The predicted octanol–water partition coefficient (Wildman–Crippen LogP) is 2.89. The van der Waals surface area contributed by atoms with E-state index in [-0.39, 0.29) is 24.1 Å². The van der Waals surface area contributed by atoms with Gasteiger partial charge in [-0.3, -0.25) is 4.79 Å². The first-order chi connectivity index (χ1) is 10.9. The van der Waals surface area contributed by atoms with Crippen LogP contribution in [0.2, 0.25) is 0 Å². The summed E-state index contributed by atoms with van der Waals surface area (Å²) in [5.74, 6) is -0.513. The van der Waals surface area contributed by atoms with Crippen molar-refractivity contribution in [3.63, 3.8) is 0 Å². The van der Waals surface area contributed by atoms with Crippen LogP contribution in [0.25, 0.3) is 0 Å². The molecule has 0 N–H and O–H groups in total. The van der Waals surface area contributed by atoms with E-state index in [2.05, 4.69) is 5.16 Å². The first-order valence-corrected chi connectivity index (χ1v) is 7.39. The molecule has 0 aliphatic carbocycles. The van der Waals surface area contributed by atoms with Crippen LogP contribution in [0, 0.1) is 13.8 Å². The van der Waals surface area contributed by atoms with Gasteiger partial charge in [0.25, 0.3) is 5.91 Å². The Morgan fingerprint density at radius 1 is 1.22 bits per heavy atom. The van der Waals surface area contributed by atoms with Crippen molar-refractivity contribution in [2.75, 3.05) is 11.5 Å². The molecule has 0 atom stereocenters. The van der Waals surface area contributed by atoms with Crippen molar-refractivity contribution in [3.05, 3.63) is 47.3 Å². The van der Waals surface area contributed by atoms with Crippen LogP contribution in [0.5, 0.6) is 0 Å². The van der Waals surface area contributed by atoms with Crippen molar-refractivity contribution in [2.24, 2.45) is 0 Å². The normalized spacial score (nSPS) is 10.7. The molecule has 0 spiro atoms. The Hall–Kier alpha value is -2.63. The Labute approximate surface area is 135 Å². The fourth-order valence-electron chi connectivity index (χ4n) is 2.36. The number of hydrogen-bond acceptors (Lipinski definition) is 5. The molecule has 0 radical (unpaired) electrons.